The van der Waals surface area contributed by atoms with Crippen LogP contribution in [0.5, 0.6) is 0 Å². The first kappa shape index (κ1) is 25.7. The van der Waals surface area contributed by atoms with Crippen molar-refractivity contribution in [2.45, 2.75) is 45.8 Å². The monoisotopic (exact) mass is 510 g/mol. The zero-order valence-corrected chi connectivity index (χ0v) is 20.9. The number of halogens is 2. The number of aromatic nitrogens is 1. The largest absolute Gasteiger partial charge is 0.444 e. The fourth-order valence-corrected chi connectivity index (χ4v) is 4.02. The normalized spacial score (nSPS) is 15.7. The Bertz CT molecular complexity index is 1110. The van der Waals surface area contributed by atoms with E-state index < -0.39 is 23.5 Å². The Morgan fingerprint density at radius 2 is 1.88 bits per heavy atom. The van der Waals surface area contributed by atoms with Gasteiger partial charge in [-0.1, -0.05) is 23.2 Å². The molecule has 2 heterocycles. The summed E-state index contributed by atoms with van der Waals surface area (Å²) in [4.78, 5) is 42.0. The van der Waals surface area contributed by atoms with Crippen molar-refractivity contribution in [3.8, 4) is 0 Å². The van der Waals surface area contributed by atoms with Crippen molar-refractivity contribution in [2.75, 3.05) is 23.3 Å². The SMILES string of the molecule is Cc1[nH]c(C(=O)Nc2ccc(C(=O)NN)cc2N2CC[C@H](NC(=O)OC(C)(C)C)C2)c(Cl)c1Cl. The van der Waals surface area contributed by atoms with Gasteiger partial charge in [-0.3, -0.25) is 15.0 Å². The van der Waals surface area contributed by atoms with Crippen LogP contribution in [-0.2, 0) is 4.74 Å². The molecule has 6 N–H and O–H groups in total. The van der Waals surface area contributed by atoms with Crippen molar-refractivity contribution < 1.29 is 19.1 Å². The summed E-state index contributed by atoms with van der Waals surface area (Å²) < 4.78 is 5.33. The number of nitrogens with zero attached hydrogens (tertiary/aromatic N) is 1. The summed E-state index contributed by atoms with van der Waals surface area (Å²) in [5.74, 6) is 4.33. The number of hydrogen-bond acceptors (Lipinski definition) is 6. The average Bonchev–Trinajstić information content (AvgIpc) is 3.31. The third kappa shape index (κ3) is 5.94. The van der Waals surface area contributed by atoms with Gasteiger partial charge in [0.2, 0.25) is 0 Å². The van der Waals surface area contributed by atoms with E-state index in [9.17, 15) is 14.4 Å². The van der Waals surface area contributed by atoms with Gasteiger partial charge in [0.25, 0.3) is 11.8 Å². The number of anilines is 2. The standard InChI is InChI=1S/C22H28Cl2N6O4/c1-11-16(23)17(24)18(26-11)20(32)28-14-6-5-12(19(31)29-25)9-15(14)30-8-7-13(10-30)27-21(33)34-22(2,3)4/h5-6,9,13,26H,7-8,10,25H2,1-4H3,(H,27,33)(H,28,32)(H,29,31)/t13-/m0/s1. The molecule has 1 aromatic carbocycles. The van der Waals surface area contributed by atoms with Crippen LogP contribution in [0.3, 0.4) is 0 Å². The second kappa shape index (κ2) is 10.1. The summed E-state index contributed by atoms with van der Waals surface area (Å²) in [5, 5.41) is 6.09. The highest BCUT2D eigenvalue weighted by Gasteiger charge is 2.29. The predicted molar refractivity (Wildman–Crippen MR) is 132 cm³/mol. The first-order valence-corrected chi connectivity index (χ1v) is 11.4. The number of carbonyl (C=O) groups excluding carboxylic acids is 3. The van der Waals surface area contributed by atoms with Gasteiger partial charge in [0.05, 0.1) is 27.5 Å². The third-order valence-electron chi connectivity index (χ3n) is 5.17. The lowest BCUT2D eigenvalue weighted by Crippen LogP contribution is -2.40. The number of hydrogen-bond donors (Lipinski definition) is 5. The van der Waals surface area contributed by atoms with Gasteiger partial charge in [-0.15, -0.1) is 0 Å². The molecule has 1 aliphatic rings. The molecule has 0 bridgehead atoms. The number of H-pyrrole nitrogens is 1. The van der Waals surface area contributed by atoms with Crippen LogP contribution in [0.15, 0.2) is 18.2 Å². The van der Waals surface area contributed by atoms with E-state index in [2.05, 4.69) is 21.0 Å². The number of nitrogen functional groups attached to an aromatic ring is 1. The Morgan fingerprint density at radius 3 is 2.47 bits per heavy atom. The fraction of sp³-hybridized carbons (Fsp3) is 0.409. The van der Waals surface area contributed by atoms with Gasteiger partial charge < -0.3 is 25.3 Å². The molecular formula is C22H28Cl2N6O4. The van der Waals surface area contributed by atoms with Gasteiger partial charge in [0.1, 0.15) is 11.3 Å². The smallest absolute Gasteiger partial charge is 0.407 e. The van der Waals surface area contributed by atoms with E-state index in [4.69, 9.17) is 33.8 Å². The van der Waals surface area contributed by atoms with Crippen molar-refractivity contribution in [1.29, 1.82) is 0 Å². The van der Waals surface area contributed by atoms with E-state index in [1.807, 2.05) is 4.90 Å². The number of carbonyl (C=O) groups is 3. The lowest BCUT2D eigenvalue weighted by molar-refractivity contribution is 0.0508. The lowest BCUT2D eigenvalue weighted by Gasteiger charge is -2.24. The molecule has 1 saturated heterocycles. The summed E-state index contributed by atoms with van der Waals surface area (Å²) in [7, 11) is 0. The Hall–Kier alpha value is -2.95. The molecule has 1 atom stereocenters. The molecule has 0 radical (unpaired) electrons. The van der Waals surface area contributed by atoms with Crippen LogP contribution >= 0.6 is 23.2 Å². The quantitative estimate of drug-likeness (QED) is 0.236. The Balaban J connectivity index is 1.83. The maximum absolute atomic E-state index is 12.9. The molecule has 34 heavy (non-hydrogen) atoms. The summed E-state index contributed by atoms with van der Waals surface area (Å²) in [6, 6.07) is 4.60. The van der Waals surface area contributed by atoms with Crippen molar-refractivity contribution in [3.05, 3.63) is 45.2 Å². The first-order valence-electron chi connectivity index (χ1n) is 10.6. The van der Waals surface area contributed by atoms with Crippen molar-refractivity contribution in [2.24, 2.45) is 5.84 Å². The molecule has 1 fully saturated rings. The van der Waals surface area contributed by atoms with Crippen LogP contribution in [0.2, 0.25) is 10.0 Å². The molecule has 0 aliphatic carbocycles. The fourth-order valence-electron chi connectivity index (χ4n) is 3.61. The average molecular weight is 511 g/mol. The first-order chi connectivity index (χ1) is 15.9. The lowest BCUT2D eigenvalue weighted by atomic mass is 10.1. The molecule has 10 nitrogen and oxygen atoms in total. The molecule has 3 rings (SSSR count). The van der Waals surface area contributed by atoms with Gasteiger partial charge in [0.15, 0.2) is 0 Å². The number of hydrazine groups is 1. The van der Waals surface area contributed by atoms with Gasteiger partial charge in [0, 0.05) is 24.3 Å². The highest BCUT2D eigenvalue weighted by molar-refractivity contribution is 6.44. The topological polar surface area (TPSA) is 142 Å². The van der Waals surface area contributed by atoms with E-state index in [0.717, 1.165) is 0 Å². The Labute approximate surface area is 207 Å². The minimum Gasteiger partial charge on any atom is -0.444 e. The van der Waals surface area contributed by atoms with Crippen molar-refractivity contribution in [3.63, 3.8) is 0 Å². The summed E-state index contributed by atoms with van der Waals surface area (Å²) in [6.07, 6.45) is 0.148. The molecule has 3 amide bonds. The number of alkyl carbamates (subject to hydrolysis) is 1. The molecule has 0 spiro atoms. The van der Waals surface area contributed by atoms with Crippen LogP contribution in [0.25, 0.3) is 0 Å². The number of ether oxygens (including phenoxy) is 1. The Morgan fingerprint density at radius 1 is 1.18 bits per heavy atom. The molecular weight excluding hydrogens is 483 g/mol. The number of nitrogens with one attached hydrogen (secondary N) is 4. The van der Waals surface area contributed by atoms with E-state index >= 15 is 0 Å². The van der Waals surface area contributed by atoms with E-state index in [-0.39, 0.29) is 21.8 Å². The van der Waals surface area contributed by atoms with Crippen LogP contribution in [0.1, 0.15) is 53.7 Å². The number of amides is 3. The maximum atomic E-state index is 12.9. The van der Waals surface area contributed by atoms with Gasteiger partial charge in [-0.25, -0.2) is 10.6 Å². The number of aromatic amines is 1. The second-order valence-electron chi connectivity index (χ2n) is 8.99. The number of benzene rings is 1. The highest BCUT2D eigenvalue weighted by atomic mass is 35.5. The summed E-state index contributed by atoms with van der Waals surface area (Å²) in [5.41, 5.74) is 3.56. The number of aryl methyl sites for hydroxylation is 1. The van der Waals surface area contributed by atoms with E-state index in [0.29, 0.717) is 42.1 Å². The van der Waals surface area contributed by atoms with Gasteiger partial charge >= 0.3 is 6.09 Å². The summed E-state index contributed by atoms with van der Waals surface area (Å²) in [6.45, 7) is 8.11. The van der Waals surface area contributed by atoms with E-state index in [1.54, 1.807) is 45.9 Å². The van der Waals surface area contributed by atoms with Crippen LogP contribution in [0, 0.1) is 6.92 Å². The van der Waals surface area contributed by atoms with Crippen LogP contribution < -0.4 is 26.8 Å². The van der Waals surface area contributed by atoms with Crippen LogP contribution in [0.4, 0.5) is 16.2 Å². The Kier molecular flexibility index (Phi) is 7.64. The van der Waals surface area contributed by atoms with Gasteiger partial charge in [-0.05, 0) is 52.3 Å². The molecule has 0 unspecified atom stereocenters. The second-order valence-corrected chi connectivity index (χ2v) is 9.75. The molecule has 1 aliphatic heterocycles. The molecule has 2 aromatic rings. The molecule has 12 heteroatoms. The van der Waals surface area contributed by atoms with Crippen molar-refractivity contribution in [1.82, 2.24) is 15.7 Å². The maximum Gasteiger partial charge on any atom is 0.407 e. The number of rotatable bonds is 5. The van der Waals surface area contributed by atoms with Crippen LogP contribution in [-0.4, -0.2) is 47.6 Å². The zero-order chi connectivity index (χ0) is 25.2. The van der Waals surface area contributed by atoms with Crippen molar-refractivity contribution >= 4 is 52.5 Å². The molecule has 184 valence electrons. The predicted octanol–water partition coefficient (Wildman–Crippen LogP) is 3.59. The highest BCUT2D eigenvalue weighted by Crippen LogP contribution is 2.33. The summed E-state index contributed by atoms with van der Waals surface area (Å²) >= 11 is 12.3. The third-order valence-corrected chi connectivity index (χ3v) is 6.12. The molecule has 1 aromatic heterocycles. The zero-order valence-electron chi connectivity index (χ0n) is 19.3. The number of nitrogens with two attached hydrogens (primary N) is 1. The minimum atomic E-state index is -0.607. The molecule has 0 saturated carbocycles. The van der Waals surface area contributed by atoms with Gasteiger partial charge in [-0.2, -0.15) is 0 Å². The minimum absolute atomic E-state index is 0.125. The van der Waals surface area contributed by atoms with E-state index in [1.165, 1.54) is 0 Å².